The van der Waals surface area contributed by atoms with Crippen molar-refractivity contribution in [2.45, 2.75) is 26.4 Å². The van der Waals surface area contributed by atoms with Gasteiger partial charge in [-0.05, 0) is 115 Å². The van der Waals surface area contributed by atoms with Gasteiger partial charge in [-0.15, -0.1) is 0 Å². The molecule has 8 heteroatoms. The van der Waals surface area contributed by atoms with Crippen molar-refractivity contribution >= 4 is 32.3 Å². The molecule has 0 aromatic heterocycles. The van der Waals surface area contributed by atoms with Gasteiger partial charge in [-0.3, -0.25) is 0 Å². The van der Waals surface area contributed by atoms with Crippen molar-refractivity contribution in [3.63, 3.8) is 0 Å². The van der Waals surface area contributed by atoms with E-state index in [2.05, 4.69) is 47.4 Å². The number of ether oxygens (including phenoxy) is 4. The predicted octanol–water partition coefficient (Wildman–Crippen LogP) is 17.1. The van der Waals surface area contributed by atoms with Gasteiger partial charge in [0, 0.05) is 68.8 Å². The smallest absolute Gasteiger partial charge is 0.128 e. The topological polar surface area (TPSA) is 36.9 Å². The molecule has 0 amide bonds. The zero-order chi connectivity index (χ0) is 57.2. The SMILES string of the molecule is Fc1cc(C#Cc2cc(C#Cc3cc(F)cc(OCc4ccccc4)c3)c3ccc4c(C#Cc5cc(F)cc(OCc6ccccc6)c5)cc(C#Cc5cc(F)cc(OCc6ccccc6)c5)c5ccc2c3c54)cc(OCc2ccccc2)c1. The van der Waals surface area contributed by atoms with Crippen LogP contribution in [-0.4, -0.2) is 0 Å². The van der Waals surface area contributed by atoms with E-state index in [0.717, 1.165) is 54.6 Å². The molecule has 12 aromatic carbocycles. The van der Waals surface area contributed by atoms with E-state index in [1.807, 2.05) is 158 Å². The molecule has 0 fully saturated rings. The molecule has 12 rings (SSSR count). The minimum atomic E-state index is -0.514. The van der Waals surface area contributed by atoms with E-state index in [-0.39, 0.29) is 26.4 Å². The summed E-state index contributed by atoms with van der Waals surface area (Å²) in [5.74, 6) is 25.4. The van der Waals surface area contributed by atoms with Gasteiger partial charge in [-0.1, -0.05) is 193 Å². The number of hydrogen-bond donors (Lipinski definition) is 0. The van der Waals surface area contributed by atoms with Crippen molar-refractivity contribution in [2.75, 3.05) is 0 Å². The Morgan fingerprint density at radius 3 is 0.690 bits per heavy atom. The molecule has 402 valence electrons. The summed E-state index contributed by atoms with van der Waals surface area (Å²) in [7, 11) is 0. The Hall–Kier alpha value is -11.2. The number of benzene rings is 12. The Labute approximate surface area is 483 Å². The predicted molar refractivity (Wildman–Crippen MR) is 323 cm³/mol. The highest BCUT2D eigenvalue weighted by atomic mass is 19.1. The van der Waals surface area contributed by atoms with Crippen LogP contribution in [0.3, 0.4) is 0 Å². The fraction of sp³-hybridized carbons (Fsp3) is 0.0526. The summed E-state index contributed by atoms with van der Waals surface area (Å²) in [5.41, 5.74) is 7.49. The van der Waals surface area contributed by atoms with Crippen LogP contribution in [-0.2, 0) is 26.4 Å². The highest BCUT2D eigenvalue weighted by Crippen LogP contribution is 2.40. The van der Waals surface area contributed by atoms with Gasteiger partial charge in [-0.25, -0.2) is 17.6 Å². The normalized spacial score (nSPS) is 10.7. The van der Waals surface area contributed by atoms with Crippen molar-refractivity contribution in [2.24, 2.45) is 0 Å². The van der Waals surface area contributed by atoms with Crippen LogP contribution in [0, 0.1) is 70.6 Å². The number of hydrogen-bond acceptors (Lipinski definition) is 4. The third-order valence-electron chi connectivity index (χ3n) is 13.7. The Bertz CT molecular complexity index is 4080. The molecule has 0 aliphatic heterocycles. The lowest BCUT2D eigenvalue weighted by Crippen LogP contribution is -1.97. The van der Waals surface area contributed by atoms with Crippen molar-refractivity contribution in [3.8, 4) is 70.4 Å². The summed E-state index contributed by atoms with van der Waals surface area (Å²) in [4.78, 5) is 0. The van der Waals surface area contributed by atoms with Crippen molar-refractivity contribution in [1.29, 1.82) is 0 Å². The Morgan fingerprint density at radius 2 is 0.464 bits per heavy atom. The van der Waals surface area contributed by atoms with Crippen molar-refractivity contribution < 1.29 is 36.5 Å². The molecule has 0 radical (unpaired) electrons. The van der Waals surface area contributed by atoms with E-state index in [9.17, 15) is 0 Å². The van der Waals surface area contributed by atoms with Gasteiger partial charge < -0.3 is 18.9 Å². The molecule has 0 spiro atoms. The lowest BCUT2D eigenvalue weighted by atomic mass is 9.86. The molecule has 0 N–H and O–H groups in total. The molecule has 84 heavy (non-hydrogen) atoms. The molecule has 0 saturated carbocycles. The van der Waals surface area contributed by atoms with Gasteiger partial charge in [0.05, 0.1) is 0 Å². The summed E-state index contributed by atoms with van der Waals surface area (Å²) >= 11 is 0. The van der Waals surface area contributed by atoms with Gasteiger partial charge in [-0.2, -0.15) is 0 Å². The van der Waals surface area contributed by atoms with E-state index in [0.29, 0.717) is 67.5 Å². The zero-order valence-corrected chi connectivity index (χ0v) is 44.9. The molecule has 0 aliphatic rings. The van der Waals surface area contributed by atoms with Gasteiger partial charge in [0.25, 0.3) is 0 Å². The summed E-state index contributed by atoms with van der Waals surface area (Å²) < 4.78 is 85.5. The molecular formula is C76H46F4O4. The van der Waals surface area contributed by atoms with E-state index >= 15 is 17.6 Å². The highest BCUT2D eigenvalue weighted by Gasteiger charge is 2.18. The zero-order valence-electron chi connectivity index (χ0n) is 44.9. The third-order valence-corrected chi connectivity index (χ3v) is 13.7. The van der Waals surface area contributed by atoms with Crippen LogP contribution in [0.15, 0.2) is 231 Å². The van der Waals surface area contributed by atoms with Crippen LogP contribution in [0.25, 0.3) is 32.3 Å². The summed E-state index contributed by atoms with van der Waals surface area (Å²) in [6, 6.07) is 67.5. The van der Waals surface area contributed by atoms with Crippen LogP contribution in [0.2, 0.25) is 0 Å². The molecule has 4 nitrogen and oxygen atoms in total. The largest absolute Gasteiger partial charge is 0.489 e. The standard InChI is InChI=1S/C76H46F4O4/c77-63-33-55(37-67(43-63)81-47-51-13-5-1-6-14-51)21-25-59-41-60(26-22-56-34-64(78)44-68(38-56)82-48-52-15-7-2-8-16-52)72-31-32-74-62(28-24-58-36-66(80)46-70(40-58)84-50-54-19-11-4-12-20-54)42-61(73-30-29-71(59)75(72)76(73)74)27-23-57-35-65(79)45-69(39-57)83-49-53-17-9-3-10-18-53/h1-20,29-46H,47-50H2. The second-order valence-electron chi connectivity index (χ2n) is 19.8. The van der Waals surface area contributed by atoms with Crippen LogP contribution < -0.4 is 18.9 Å². The van der Waals surface area contributed by atoms with Gasteiger partial charge >= 0.3 is 0 Å². The van der Waals surface area contributed by atoms with Crippen LogP contribution >= 0.6 is 0 Å². The monoisotopic (exact) mass is 1100 g/mol. The summed E-state index contributed by atoms with van der Waals surface area (Å²) in [6.07, 6.45) is 0. The summed E-state index contributed by atoms with van der Waals surface area (Å²) in [5, 5.41) is 4.55. The van der Waals surface area contributed by atoms with Gasteiger partial charge in [0.15, 0.2) is 0 Å². The molecule has 0 saturated heterocycles. The quantitative estimate of drug-likeness (QED) is 0.0694. The maximum absolute atomic E-state index is 15.3. The first-order valence-corrected chi connectivity index (χ1v) is 26.9. The van der Waals surface area contributed by atoms with E-state index in [1.54, 1.807) is 24.3 Å². The van der Waals surface area contributed by atoms with Crippen molar-refractivity contribution in [1.82, 2.24) is 0 Å². The molecule has 12 aromatic rings. The molecule has 0 bridgehead atoms. The maximum Gasteiger partial charge on any atom is 0.128 e. The average molecular weight is 1100 g/mol. The Morgan fingerprint density at radius 1 is 0.238 bits per heavy atom. The maximum atomic E-state index is 15.3. The lowest BCUT2D eigenvalue weighted by molar-refractivity contribution is 0.304. The van der Waals surface area contributed by atoms with Crippen LogP contribution in [0.4, 0.5) is 17.6 Å². The lowest BCUT2D eigenvalue weighted by Gasteiger charge is -2.16. The molecule has 0 aliphatic carbocycles. The van der Waals surface area contributed by atoms with E-state index < -0.39 is 23.3 Å². The highest BCUT2D eigenvalue weighted by molar-refractivity contribution is 6.26. The van der Waals surface area contributed by atoms with Gasteiger partial charge in [0.2, 0.25) is 0 Å². The van der Waals surface area contributed by atoms with Crippen LogP contribution in [0.5, 0.6) is 23.0 Å². The Balaban J connectivity index is 1.01. The first-order valence-electron chi connectivity index (χ1n) is 26.9. The second-order valence-corrected chi connectivity index (χ2v) is 19.8. The fourth-order valence-corrected chi connectivity index (χ4v) is 9.80. The number of halogens is 4. The van der Waals surface area contributed by atoms with Crippen LogP contribution in [0.1, 0.15) is 66.8 Å². The molecule has 0 atom stereocenters. The number of rotatable bonds is 12. The van der Waals surface area contributed by atoms with Crippen molar-refractivity contribution in [3.05, 3.63) is 321 Å². The first-order chi connectivity index (χ1) is 41.2. The minimum absolute atomic E-state index is 0.234. The molecule has 0 heterocycles. The molecule has 0 unspecified atom stereocenters. The second kappa shape index (κ2) is 24.7. The molecular weight excluding hydrogens is 1050 g/mol. The Kier molecular flexibility index (Phi) is 15.7. The minimum Gasteiger partial charge on any atom is -0.489 e. The van der Waals surface area contributed by atoms with E-state index in [1.165, 1.54) is 48.5 Å². The third kappa shape index (κ3) is 13.0. The van der Waals surface area contributed by atoms with Gasteiger partial charge in [0.1, 0.15) is 72.7 Å². The fourth-order valence-electron chi connectivity index (χ4n) is 9.80. The van der Waals surface area contributed by atoms with E-state index in [4.69, 9.17) is 18.9 Å². The first kappa shape index (κ1) is 53.5. The average Bonchev–Trinajstić information content (AvgIpc) is 3.30. The summed E-state index contributed by atoms with van der Waals surface area (Å²) in [6.45, 7) is 0.936.